The average molecular weight is 314 g/mol. The number of rotatable bonds is 3. The van der Waals surface area contributed by atoms with E-state index in [0.29, 0.717) is 6.21 Å². The summed E-state index contributed by atoms with van der Waals surface area (Å²) < 4.78 is 37.8. The number of H-pyrrole nitrogens is 2. The van der Waals surface area contributed by atoms with Crippen LogP contribution in [0.4, 0.5) is 13.2 Å². The molecule has 1 heterocycles. The molecule has 22 heavy (non-hydrogen) atoms. The lowest BCUT2D eigenvalue weighted by molar-refractivity contribution is -0.141. The Morgan fingerprint density at radius 3 is 2.59 bits per heavy atom. The highest BCUT2D eigenvalue weighted by Gasteiger charge is 2.36. The molecule has 1 aromatic carbocycles. The van der Waals surface area contributed by atoms with Crippen LogP contribution in [0.2, 0.25) is 0 Å². The maximum absolute atomic E-state index is 12.6. The standard InChI is InChI=1S/C12H9F3N4O3/c13-12(14,15)9-7(11(22)19-17-9)5-16-18-10(21)6-3-1-2-4-8(6)20/h1-5,20H,(H,18,21)(H2,17,19,22)/b16-5+. The van der Waals surface area contributed by atoms with E-state index in [-0.39, 0.29) is 11.3 Å². The zero-order chi connectivity index (χ0) is 16.3. The summed E-state index contributed by atoms with van der Waals surface area (Å²) in [6.07, 6.45) is -4.21. The third kappa shape index (κ3) is 3.16. The summed E-state index contributed by atoms with van der Waals surface area (Å²) in [5, 5.41) is 16.2. The average Bonchev–Trinajstić information content (AvgIpc) is 2.80. The highest BCUT2D eigenvalue weighted by Crippen LogP contribution is 2.28. The van der Waals surface area contributed by atoms with Crippen molar-refractivity contribution in [1.82, 2.24) is 15.6 Å². The monoisotopic (exact) mass is 314 g/mol. The molecule has 0 spiro atoms. The van der Waals surface area contributed by atoms with Crippen molar-refractivity contribution in [3.05, 3.63) is 51.4 Å². The zero-order valence-electron chi connectivity index (χ0n) is 10.7. The first-order chi connectivity index (χ1) is 10.3. The van der Waals surface area contributed by atoms with E-state index in [1.165, 1.54) is 24.3 Å². The number of aromatic amines is 2. The van der Waals surface area contributed by atoms with Gasteiger partial charge in [0.05, 0.1) is 17.3 Å². The van der Waals surface area contributed by atoms with Crippen LogP contribution in [0.25, 0.3) is 0 Å². The van der Waals surface area contributed by atoms with E-state index in [2.05, 4.69) is 5.10 Å². The van der Waals surface area contributed by atoms with Crippen molar-refractivity contribution in [3.63, 3.8) is 0 Å². The van der Waals surface area contributed by atoms with Crippen LogP contribution in [0, 0.1) is 0 Å². The molecule has 0 radical (unpaired) electrons. The van der Waals surface area contributed by atoms with E-state index in [4.69, 9.17) is 0 Å². The molecule has 2 rings (SSSR count). The van der Waals surface area contributed by atoms with Gasteiger partial charge >= 0.3 is 6.18 Å². The Morgan fingerprint density at radius 1 is 1.27 bits per heavy atom. The predicted molar refractivity (Wildman–Crippen MR) is 69.6 cm³/mol. The van der Waals surface area contributed by atoms with E-state index < -0.39 is 28.9 Å². The number of nitrogens with zero attached hydrogens (tertiary/aromatic N) is 1. The summed E-state index contributed by atoms with van der Waals surface area (Å²) in [7, 11) is 0. The maximum atomic E-state index is 12.6. The number of alkyl halides is 3. The number of hydrazone groups is 1. The van der Waals surface area contributed by atoms with Crippen molar-refractivity contribution in [1.29, 1.82) is 0 Å². The number of hydrogen-bond donors (Lipinski definition) is 4. The molecule has 0 fully saturated rings. The lowest BCUT2D eigenvalue weighted by Crippen LogP contribution is -2.19. The van der Waals surface area contributed by atoms with Crippen molar-refractivity contribution in [3.8, 4) is 5.75 Å². The molecule has 7 nitrogen and oxygen atoms in total. The molecule has 1 aromatic heterocycles. The number of halogens is 3. The van der Waals surface area contributed by atoms with E-state index in [1.54, 1.807) is 10.2 Å². The number of nitrogens with one attached hydrogen (secondary N) is 3. The van der Waals surface area contributed by atoms with Gasteiger partial charge in [-0.15, -0.1) is 0 Å². The van der Waals surface area contributed by atoms with Crippen molar-refractivity contribution < 1.29 is 23.1 Å². The Morgan fingerprint density at radius 2 is 1.95 bits per heavy atom. The number of benzene rings is 1. The van der Waals surface area contributed by atoms with Gasteiger partial charge in [-0.1, -0.05) is 12.1 Å². The summed E-state index contributed by atoms with van der Waals surface area (Å²) >= 11 is 0. The molecule has 10 heteroatoms. The molecular weight excluding hydrogens is 305 g/mol. The van der Waals surface area contributed by atoms with Crippen molar-refractivity contribution in [2.45, 2.75) is 6.18 Å². The topological polar surface area (TPSA) is 110 Å². The molecule has 0 aliphatic heterocycles. The molecule has 1 amide bonds. The number of para-hydroxylation sites is 1. The van der Waals surface area contributed by atoms with Gasteiger partial charge in [-0.25, -0.2) is 5.43 Å². The number of carbonyl (C=O) groups is 1. The van der Waals surface area contributed by atoms with Crippen LogP contribution in [0.15, 0.2) is 34.2 Å². The lowest BCUT2D eigenvalue weighted by atomic mass is 10.2. The lowest BCUT2D eigenvalue weighted by Gasteiger charge is -2.03. The van der Waals surface area contributed by atoms with Gasteiger partial charge in [0, 0.05) is 0 Å². The fourth-order valence-electron chi connectivity index (χ4n) is 1.60. The molecule has 0 saturated heterocycles. The zero-order valence-corrected chi connectivity index (χ0v) is 10.7. The fraction of sp³-hybridized carbons (Fsp3) is 0.0833. The number of hydrogen-bond acceptors (Lipinski definition) is 4. The second-order valence-corrected chi connectivity index (χ2v) is 4.08. The van der Waals surface area contributed by atoms with Crippen LogP contribution in [-0.2, 0) is 6.18 Å². The molecule has 116 valence electrons. The first kappa shape index (κ1) is 15.4. The molecule has 0 atom stereocenters. The Hall–Kier alpha value is -3.04. The Balaban J connectivity index is 2.18. The number of amides is 1. The van der Waals surface area contributed by atoms with Gasteiger partial charge in [0.2, 0.25) is 0 Å². The highest BCUT2D eigenvalue weighted by molar-refractivity contribution is 5.97. The third-order valence-electron chi connectivity index (χ3n) is 2.61. The molecule has 0 bridgehead atoms. The number of aromatic hydroxyl groups is 1. The molecule has 4 N–H and O–H groups in total. The minimum absolute atomic E-state index is 0.112. The Kier molecular flexibility index (Phi) is 4.02. The van der Waals surface area contributed by atoms with E-state index in [9.17, 15) is 27.9 Å². The third-order valence-corrected chi connectivity index (χ3v) is 2.61. The van der Waals surface area contributed by atoms with E-state index in [0.717, 1.165) is 0 Å². The minimum Gasteiger partial charge on any atom is -0.507 e. The van der Waals surface area contributed by atoms with Crippen molar-refractivity contribution in [2.75, 3.05) is 0 Å². The Labute approximate surface area is 120 Å². The van der Waals surface area contributed by atoms with Crippen LogP contribution >= 0.6 is 0 Å². The number of phenols is 1. The van der Waals surface area contributed by atoms with Gasteiger partial charge < -0.3 is 5.11 Å². The van der Waals surface area contributed by atoms with E-state index in [1.807, 2.05) is 5.43 Å². The molecule has 0 aliphatic carbocycles. The number of aromatic nitrogens is 2. The quantitative estimate of drug-likeness (QED) is 0.504. The summed E-state index contributed by atoms with van der Waals surface area (Å²) in [4.78, 5) is 22.9. The SMILES string of the molecule is O=C(N/N=C/c1c(C(F)(F)F)[nH][nH]c1=O)c1ccccc1O. The van der Waals surface area contributed by atoms with Crippen LogP contribution in [0.1, 0.15) is 21.6 Å². The molecule has 0 unspecified atom stereocenters. The van der Waals surface area contributed by atoms with Crippen LogP contribution < -0.4 is 11.0 Å². The van der Waals surface area contributed by atoms with Gasteiger partial charge in [0.25, 0.3) is 11.5 Å². The van der Waals surface area contributed by atoms with Crippen molar-refractivity contribution in [2.24, 2.45) is 5.10 Å². The fourth-order valence-corrected chi connectivity index (χ4v) is 1.60. The number of phenolic OH excluding ortho intramolecular Hbond substituents is 1. The summed E-state index contributed by atoms with van der Waals surface area (Å²) in [5.41, 5.74) is -1.31. The second-order valence-electron chi connectivity index (χ2n) is 4.08. The van der Waals surface area contributed by atoms with Gasteiger partial charge in [-0.05, 0) is 12.1 Å². The summed E-state index contributed by atoms with van der Waals surface area (Å²) in [5.74, 6) is -1.15. The first-order valence-electron chi connectivity index (χ1n) is 5.80. The van der Waals surface area contributed by atoms with Crippen LogP contribution in [-0.4, -0.2) is 27.4 Å². The van der Waals surface area contributed by atoms with Gasteiger partial charge in [-0.2, -0.15) is 18.3 Å². The highest BCUT2D eigenvalue weighted by atomic mass is 19.4. The normalized spacial score (nSPS) is 11.8. The summed E-state index contributed by atoms with van der Waals surface area (Å²) in [6, 6.07) is 5.53. The summed E-state index contributed by atoms with van der Waals surface area (Å²) in [6.45, 7) is 0. The molecule has 0 saturated carbocycles. The second kappa shape index (κ2) is 5.76. The van der Waals surface area contributed by atoms with Gasteiger partial charge in [0.1, 0.15) is 5.75 Å². The smallest absolute Gasteiger partial charge is 0.433 e. The minimum atomic E-state index is -4.78. The molecular formula is C12H9F3N4O3. The Bertz CT molecular complexity index is 776. The van der Waals surface area contributed by atoms with Crippen molar-refractivity contribution >= 4 is 12.1 Å². The van der Waals surface area contributed by atoms with Crippen LogP contribution in [0.5, 0.6) is 5.75 Å². The molecule has 2 aromatic rings. The largest absolute Gasteiger partial charge is 0.507 e. The van der Waals surface area contributed by atoms with Crippen LogP contribution in [0.3, 0.4) is 0 Å². The molecule has 0 aliphatic rings. The van der Waals surface area contributed by atoms with Gasteiger partial charge in [0.15, 0.2) is 5.69 Å². The van der Waals surface area contributed by atoms with Gasteiger partial charge in [-0.3, -0.25) is 19.8 Å². The number of carbonyl (C=O) groups excluding carboxylic acids is 1. The van der Waals surface area contributed by atoms with E-state index >= 15 is 0 Å². The first-order valence-corrected chi connectivity index (χ1v) is 5.80. The predicted octanol–water partition coefficient (Wildman–Crippen LogP) is 1.19. The maximum Gasteiger partial charge on any atom is 0.433 e.